The van der Waals surface area contributed by atoms with Crippen molar-refractivity contribution in [1.82, 2.24) is 15.1 Å². The van der Waals surface area contributed by atoms with Crippen LogP contribution in [-0.2, 0) is 4.79 Å². The molecule has 0 saturated heterocycles. The van der Waals surface area contributed by atoms with E-state index in [0.717, 1.165) is 0 Å². The lowest BCUT2D eigenvalue weighted by molar-refractivity contribution is -0.144. The summed E-state index contributed by atoms with van der Waals surface area (Å²) in [6, 6.07) is 9.97. The number of para-hydroxylation sites is 1. The molecule has 2 aromatic rings. The molecule has 1 aromatic heterocycles. The molecule has 1 heterocycles. The number of carbonyl (C=O) groups is 3. The van der Waals surface area contributed by atoms with Crippen LogP contribution in [0.25, 0.3) is 5.69 Å². The Balaban J connectivity index is 2.38. The average molecular weight is 344 g/mol. The number of hydrogen-bond donors (Lipinski definition) is 3. The van der Waals surface area contributed by atoms with Gasteiger partial charge in [0.15, 0.2) is 5.69 Å². The highest BCUT2D eigenvalue weighted by atomic mass is 16.4. The third-order valence-electron chi connectivity index (χ3n) is 3.81. The first kappa shape index (κ1) is 18.2. The number of amides is 2. The lowest BCUT2D eigenvalue weighted by Crippen LogP contribution is -2.52. The van der Waals surface area contributed by atoms with Crippen LogP contribution < -0.4 is 11.1 Å². The molecule has 1 aromatic carbocycles. The number of primary amides is 1. The molecule has 132 valence electrons. The highest BCUT2D eigenvalue weighted by Gasteiger charge is 2.35. The topological polar surface area (TPSA) is 127 Å². The smallest absolute Gasteiger partial charge is 0.329 e. The van der Waals surface area contributed by atoms with Crippen molar-refractivity contribution >= 4 is 17.8 Å². The summed E-state index contributed by atoms with van der Waals surface area (Å²) in [5.41, 5.74) is 4.45. The number of carboxylic acids is 1. The lowest BCUT2D eigenvalue weighted by Gasteiger charge is -2.25. The van der Waals surface area contributed by atoms with Gasteiger partial charge in [0.2, 0.25) is 0 Å². The van der Waals surface area contributed by atoms with E-state index >= 15 is 0 Å². The summed E-state index contributed by atoms with van der Waals surface area (Å²) in [6.45, 7) is 3.25. The third-order valence-corrected chi connectivity index (χ3v) is 3.81. The van der Waals surface area contributed by atoms with Crippen LogP contribution in [0.1, 0.15) is 47.7 Å². The molecule has 0 radical (unpaired) electrons. The Morgan fingerprint density at radius 2 is 1.92 bits per heavy atom. The van der Waals surface area contributed by atoms with Crippen molar-refractivity contribution in [3.63, 3.8) is 0 Å². The molecule has 0 aliphatic rings. The van der Waals surface area contributed by atoms with E-state index in [0.29, 0.717) is 12.1 Å². The first-order valence-electron chi connectivity index (χ1n) is 7.79. The highest BCUT2D eigenvalue weighted by molar-refractivity contribution is 5.99. The van der Waals surface area contributed by atoms with Gasteiger partial charge in [-0.05, 0) is 25.5 Å². The summed E-state index contributed by atoms with van der Waals surface area (Å²) in [5, 5.41) is 16.0. The Labute approximate surface area is 144 Å². The second kappa shape index (κ2) is 7.16. The molecular formula is C17H20N4O4. The van der Waals surface area contributed by atoms with Crippen molar-refractivity contribution in [2.24, 2.45) is 5.73 Å². The van der Waals surface area contributed by atoms with Gasteiger partial charge in [-0.15, -0.1) is 0 Å². The van der Waals surface area contributed by atoms with E-state index in [1.54, 1.807) is 30.3 Å². The van der Waals surface area contributed by atoms with Gasteiger partial charge < -0.3 is 16.2 Å². The molecular weight excluding hydrogens is 324 g/mol. The summed E-state index contributed by atoms with van der Waals surface area (Å²) < 4.78 is 1.26. The van der Waals surface area contributed by atoms with E-state index in [4.69, 9.17) is 5.73 Å². The standard InChI is InChI=1S/C17H20N4O4/c1-3-9-17(2,16(24)25)19-15(23)12-10-13(14(18)22)21(20-12)11-7-5-4-6-8-11/h4-8,10H,3,9H2,1-2H3,(H2,18,22)(H,19,23)(H,24,25). The minimum Gasteiger partial charge on any atom is -0.480 e. The van der Waals surface area contributed by atoms with Crippen LogP contribution in [0.3, 0.4) is 0 Å². The molecule has 4 N–H and O–H groups in total. The number of aliphatic carboxylic acids is 1. The van der Waals surface area contributed by atoms with E-state index in [9.17, 15) is 19.5 Å². The van der Waals surface area contributed by atoms with Crippen molar-refractivity contribution in [2.75, 3.05) is 0 Å². The maximum Gasteiger partial charge on any atom is 0.329 e. The lowest BCUT2D eigenvalue weighted by atomic mass is 9.96. The molecule has 8 nitrogen and oxygen atoms in total. The number of carbonyl (C=O) groups excluding carboxylic acids is 2. The van der Waals surface area contributed by atoms with Gasteiger partial charge in [-0.2, -0.15) is 5.10 Å². The molecule has 0 fully saturated rings. The number of hydrogen-bond acceptors (Lipinski definition) is 4. The number of nitrogens with two attached hydrogens (primary N) is 1. The highest BCUT2D eigenvalue weighted by Crippen LogP contribution is 2.16. The van der Waals surface area contributed by atoms with Crippen LogP contribution in [0.5, 0.6) is 0 Å². The first-order chi connectivity index (χ1) is 11.8. The average Bonchev–Trinajstić information content (AvgIpc) is 3.01. The van der Waals surface area contributed by atoms with Crippen molar-refractivity contribution in [3.8, 4) is 5.69 Å². The van der Waals surface area contributed by atoms with Gasteiger partial charge in [0.05, 0.1) is 5.69 Å². The van der Waals surface area contributed by atoms with Crippen molar-refractivity contribution in [1.29, 1.82) is 0 Å². The minimum atomic E-state index is -1.42. The van der Waals surface area contributed by atoms with Gasteiger partial charge >= 0.3 is 5.97 Å². The van der Waals surface area contributed by atoms with Crippen LogP contribution in [0.2, 0.25) is 0 Å². The van der Waals surface area contributed by atoms with Crippen molar-refractivity contribution in [3.05, 3.63) is 47.8 Å². The van der Waals surface area contributed by atoms with Crippen LogP contribution in [-0.4, -0.2) is 38.2 Å². The Kier molecular flexibility index (Phi) is 5.21. The second-order valence-corrected chi connectivity index (χ2v) is 5.87. The monoisotopic (exact) mass is 344 g/mol. The summed E-state index contributed by atoms with van der Waals surface area (Å²) in [5.74, 6) is -2.57. The molecule has 1 unspecified atom stereocenters. The Morgan fingerprint density at radius 1 is 1.28 bits per heavy atom. The molecule has 8 heteroatoms. The van der Waals surface area contributed by atoms with Crippen LogP contribution in [0.15, 0.2) is 36.4 Å². The minimum absolute atomic E-state index is 0.0314. The molecule has 1 atom stereocenters. The molecule has 25 heavy (non-hydrogen) atoms. The molecule has 2 amide bonds. The Hall–Kier alpha value is -3.16. The maximum atomic E-state index is 12.5. The zero-order valence-electron chi connectivity index (χ0n) is 14.0. The fraction of sp³-hybridized carbons (Fsp3) is 0.294. The maximum absolute atomic E-state index is 12.5. The van der Waals surface area contributed by atoms with Gasteiger partial charge in [0.1, 0.15) is 11.2 Å². The quantitative estimate of drug-likeness (QED) is 0.698. The number of aromatic nitrogens is 2. The number of nitrogens with zero attached hydrogens (tertiary/aromatic N) is 2. The molecule has 0 spiro atoms. The number of carboxylic acid groups (broad SMARTS) is 1. The molecule has 0 saturated carbocycles. The zero-order chi connectivity index (χ0) is 18.6. The van der Waals surface area contributed by atoms with Crippen LogP contribution in [0.4, 0.5) is 0 Å². The number of rotatable bonds is 7. The number of benzene rings is 1. The van der Waals surface area contributed by atoms with Gasteiger partial charge in [-0.3, -0.25) is 9.59 Å². The molecule has 0 aliphatic carbocycles. The largest absolute Gasteiger partial charge is 0.480 e. The van der Waals surface area contributed by atoms with Gasteiger partial charge in [-0.25, -0.2) is 9.48 Å². The SMILES string of the molecule is CCCC(C)(NC(=O)c1cc(C(N)=O)n(-c2ccccc2)n1)C(=O)O. The first-order valence-corrected chi connectivity index (χ1v) is 7.79. The Bertz CT molecular complexity index is 800. The molecule has 0 aliphatic heterocycles. The summed E-state index contributed by atoms with van der Waals surface area (Å²) in [4.78, 5) is 35.6. The van der Waals surface area contributed by atoms with E-state index in [1.807, 2.05) is 6.92 Å². The van der Waals surface area contributed by atoms with Crippen molar-refractivity contribution < 1.29 is 19.5 Å². The summed E-state index contributed by atoms with van der Waals surface area (Å²) in [6.07, 6.45) is 0.838. The summed E-state index contributed by atoms with van der Waals surface area (Å²) >= 11 is 0. The second-order valence-electron chi connectivity index (χ2n) is 5.87. The molecule has 0 bridgehead atoms. The van der Waals surface area contributed by atoms with E-state index in [1.165, 1.54) is 17.7 Å². The third kappa shape index (κ3) is 3.85. The number of nitrogens with one attached hydrogen (secondary N) is 1. The van der Waals surface area contributed by atoms with Crippen molar-refractivity contribution in [2.45, 2.75) is 32.2 Å². The van der Waals surface area contributed by atoms with Crippen LogP contribution in [0, 0.1) is 0 Å². The van der Waals surface area contributed by atoms with Gasteiger partial charge in [0.25, 0.3) is 11.8 Å². The Morgan fingerprint density at radius 3 is 2.44 bits per heavy atom. The fourth-order valence-electron chi connectivity index (χ4n) is 2.47. The fourth-order valence-corrected chi connectivity index (χ4v) is 2.47. The van der Waals surface area contributed by atoms with E-state index < -0.39 is 23.3 Å². The predicted molar refractivity (Wildman–Crippen MR) is 90.5 cm³/mol. The van der Waals surface area contributed by atoms with Gasteiger partial charge in [0, 0.05) is 6.07 Å². The zero-order valence-corrected chi connectivity index (χ0v) is 14.0. The predicted octanol–water partition coefficient (Wildman–Crippen LogP) is 1.34. The van der Waals surface area contributed by atoms with E-state index in [-0.39, 0.29) is 17.8 Å². The summed E-state index contributed by atoms with van der Waals surface area (Å²) in [7, 11) is 0. The normalized spacial score (nSPS) is 13.0. The molecule has 2 rings (SSSR count). The van der Waals surface area contributed by atoms with Gasteiger partial charge in [-0.1, -0.05) is 31.5 Å². The van der Waals surface area contributed by atoms with E-state index in [2.05, 4.69) is 10.4 Å². The van der Waals surface area contributed by atoms with Crippen LogP contribution >= 0.6 is 0 Å².